The van der Waals surface area contributed by atoms with E-state index in [-0.39, 0.29) is 12.5 Å². The zero-order valence-electron chi connectivity index (χ0n) is 9.06. The molecule has 0 radical (unpaired) electrons. The van der Waals surface area contributed by atoms with E-state index >= 15 is 0 Å². The molecule has 1 rings (SSSR count). The molecule has 1 aromatic heterocycles. The van der Waals surface area contributed by atoms with Crippen LogP contribution in [0.2, 0.25) is 0 Å². The van der Waals surface area contributed by atoms with Gasteiger partial charge in [0.05, 0.1) is 17.7 Å². The maximum absolute atomic E-state index is 11.5. The molecule has 1 unspecified atom stereocenters. The fraction of sp³-hybridized carbons (Fsp3) is 0.500. The molecule has 0 fully saturated rings. The Morgan fingerprint density at radius 3 is 2.88 bits per heavy atom. The van der Waals surface area contributed by atoms with E-state index in [1.165, 1.54) is 12.4 Å². The van der Waals surface area contributed by atoms with E-state index in [0.717, 1.165) is 6.42 Å². The molecular formula is C10H15N3O3. The van der Waals surface area contributed by atoms with Crippen molar-refractivity contribution in [1.82, 2.24) is 15.5 Å². The number of carbonyl (C=O) groups is 2. The molecule has 1 atom stereocenters. The van der Waals surface area contributed by atoms with Crippen molar-refractivity contribution >= 4 is 11.9 Å². The molecule has 16 heavy (non-hydrogen) atoms. The van der Waals surface area contributed by atoms with E-state index in [1.807, 2.05) is 6.92 Å². The van der Waals surface area contributed by atoms with Gasteiger partial charge in [-0.1, -0.05) is 13.3 Å². The third kappa shape index (κ3) is 3.38. The standard InChI is InChI=1S/C10H15N3O3/c1-2-3-7(10(15)16)4-11-9(14)8-5-12-13-6-8/h5-7H,2-4H2,1H3,(H,11,14)(H,12,13)(H,15,16). The number of carboxylic acid groups (broad SMARTS) is 1. The van der Waals surface area contributed by atoms with Crippen LogP contribution >= 0.6 is 0 Å². The van der Waals surface area contributed by atoms with Crippen molar-refractivity contribution in [1.29, 1.82) is 0 Å². The second kappa shape index (κ2) is 5.89. The third-order valence-corrected chi connectivity index (χ3v) is 2.26. The molecule has 0 bridgehead atoms. The van der Waals surface area contributed by atoms with E-state index in [1.54, 1.807) is 0 Å². The van der Waals surface area contributed by atoms with Gasteiger partial charge in [0.1, 0.15) is 0 Å². The molecule has 0 aliphatic carbocycles. The molecule has 88 valence electrons. The third-order valence-electron chi connectivity index (χ3n) is 2.26. The van der Waals surface area contributed by atoms with Crippen LogP contribution < -0.4 is 5.32 Å². The van der Waals surface area contributed by atoms with Crippen LogP contribution in [0.15, 0.2) is 12.4 Å². The molecule has 1 amide bonds. The van der Waals surface area contributed by atoms with Crippen LogP contribution in [0.3, 0.4) is 0 Å². The highest BCUT2D eigenvalue weighted by molar-refractivity contribution is 5.93. The number of rotatable bonds is 6. The SMILES string of the molecule is CCCC(CNC(=O)c1cn[nH]c1)C(=O)O. The Labute approximate surface area is 93.1 Å². The fourth-order valence-corrected chi connectivity index (χ4v) is 1.35. The monoisotopic (exact) mass is 225 g/mol. The van der Waals surface area contributed by atoms with Crippen LogP contribution in [-0.2, 0) is 4.79 Å². The molecule has 6 nitrogen and oxygen atoms in total. The smallest absolute Gasteiger partial charge is 0.308 e. The van der Waals surface area contributed by atoms with Gasteiger partial charge in [-0.25, -0.2) is 0 Å². The van der Waals surface area contributed by atoms with Crippen LogP contribution in [0.5, 0.6) is 0 Å². The fourth-order valence-electron chi connectivity index (χ4n) is 1.35. The van der Waals surface area contributed by atoms with Gasteiger partial charge in [0, 0.05) is 12.7 Å². The number of amides is 1. The molecule has 0 aliphatic rings. The van der Waals surface area contributed by atoms with E-state index in [2.05, 4.69) is 15.5 Å². The van der Waals surface area contributed by atoms with Crippen molar-refractivity contribution in [2.45, 2.75) is 19.8 Å². The summed E-state index contributed by atoms with van der Waals surface area (Å²) in [4.78, 5) is 22.3. The lowest BCUT2D eigenvalue weighted by Crippen LogP contribution is -2.32. The minimum absolute atomic E-state index is 0.146. The first-order chi connectivity index (χ1) is 7.65. The molecule has 1 aromatic rings. The number of hydrogen-bond donors (Lipinski definition) is 3. The van der Waals surface area contributed by atoms with Gasteiger partial charge in [-0.15, -0.1) is 0 Å². The number of hydrogen-bond acceptors (Lipinski definition) is 3. The van der Waals surface area contributed by atoms with Gasteiger partial charge >= 0.3 is 5.97 Å². The summed E-state index contributed by atoms with van der Waals surface area (Å²) in [5, 5.41) is 17.6. The summed E-state index contributed by atoms with van der Waals surface area (Å²) in [7, 11) is 0. The molecular weight excluding hydrogens is 210 g/mol. The number of nitrogens with one attached hydrogen (secondary N) is 2. The van der Waals surface area contributed by atoms with Gasteiger partial charge in [0.2, 0.25) is 0 Å². The molecule has 0 aliphatic heterocycles. The van der Waals surface area contributed by atoms with Crippen LogP contribution in [-0.4, -0.2) is 33.7 Å². The largest absolute Gasteiger partial charge is 0.481 e. The lowest BCUT2D eigenvalue weighted by Gasteiger charge is -2.11. The molecule has 0 spiro atoms. The zero-order valence-corrected chi connectivity index (χ0v) is 9.06. The maximum Gasteiger partial charge on any atom is 0.308 e. The average Bonchev–Trinajstić information content (AvgIpc) is 2.76. The topological polar surface area (TPSA) is 95.1 Å². The van der Waals surface area contributed by atoms with Gasteiger partial charge < -0.3 is 10.4 Å². The molecule has 0 aromatic carbocycles. The first-order valence-corrected chi connectivity index (χ1v) is 5.15. The summed E-state index contributed by atoms with van der Waals surface area (Å²) < 4.78 is 0. The molecule has 1 heterocycles. The number of aromatic nitrogens is 2. The molecule has 0 saturated heterocycles. The Hall–Kier alpha value is -1.85. The highest BCUT2D eigenvalue weighted by Gasteiger charge is 2.17. The highest BCUT2D eigenvalue weighted by atomic mass is 16.4. The Bertz CT molecular complexity index is 348. The number of carboxylic acids is 1. The van der Waals surface area contributed by atoms with Crippen LogP contribution in [0, 0.1) is 5.92 Å². The van der Waals surface area contributed by atoms with E-state index in [4.69, 9.17) is 5.11 Å². The Kier molecular flexibility index (Phi) is 4.50. The summed E-state index contributed by atoms with van der Waals surface area (Å²) in [5.41, 5.74) is 0.403. The number of aliphatic carboxylic acids is 1. The van der Waals surface area contributed by atoms with Gasteiger partial charge in [-0.2, -0.15) is 5.10 Å². The minimum atomic E-state index is -0.880. The normalized spacial score (nSPS) is 12.1. The maximum atomic E-state index is 11.5. The molecule has 6 heteroatoms. The van der Waals surface area contributed by atoms with Crippen molar-refractivity contribution in [3.05, 3.63) is 18.0 Å². The number of aromatic amines is 1. The van der Waals surface area contributed by atoms with Crippen molar-refractivity contribution in [2.75, 3.05) is 6.54 Å². The summed E-state index contributed by atoms with van der Waals surface area (Å²) in [6, 6.07) is 0. The van der Waals surface area contributed by atoms with Crippen LogP contribution in [0.4, 0.5) is 0 Å². The summed E-state index contributed by atoms with van der Waals surface area (Å²) >= 11 is 0. The van der Waals surface area contributed by atoms with Crippen LogP contribution in [0.1, 0.15) is 30.1 Å². The van der Waals surface area contributed by atoms with Crippen molar-refractivity contribution in [3.8, 4) is 0 Å². The highest BCUT2D eigenvalue weighted by Crippen LogP contribution is 2.05. The minimum Gasteiger partial charge on any atom is -0.481 e. The number of H-pyrrole nitrogens is 1. The molecule has 3 N–H and O–H groups in total. The predicted molar refractivity (Wildman–Crippen MR) is 57.0 cm³/mol. The molecule has 0 saturated carbocycles. The van der Waals surface area contributed by atoms with Crippen molar-refractivity contribution < 1.29 is 14.7 Å². The van der Waals surface area contributed by atoms with Gasteiger partial charge in [0.25, 0.3) is 5.91 Å². The van der Waals surface area contributed by atoms with E-state index < -0.39 is 11.9 Å². The van der Waals surface area contributed by atoms with E-state index in [9.17, 15) is 9.59 Å². The first kappa shape index (κ1) is 12.2. The van der Waals surface area contributed by atoms with Gasteiger partial charge in [-0.3, -0.25) is 14.7 Å². The second-order valence-electron chi connectivity index (χ2n) is 3.52. The lowest BCUT2D eigenvalue weighted by molar-refractivity contribution is -0.141. The van der Waals surface area contributed by atoms with Gasteiger partial charge in [-0.05, 0) is 6.42 Å². The zero-order chi connectivity index (χ0) is 12.0. The first-order valence-electron chi connectivity index (χ1n) is 5.15. The van der Waals surface area contributed by atoms with Crippen molar-refractivity contribution in [3.63, 3.8) is 0 Å². The number of carbonyl (C=O) groups excluding carboxylic acids is 1. The van der Waals surface area contributed by atoms with Crippen LogP contribution in [0.25, 0.3) is 0 Å². The van der Waals surface area contributed by atoms with Gasteiger partial charge in [0.15, 0.2) is 0 Å². The predicted octanol–water partition coefficient (Wildman–Crippen LogP) is 0.640. The second-order valence-corrected chi connectivity index (χ2v) is 3.52. The Morgan fingerprint density at radius 2 is 2.38 bits per heavy atom. The Balaban J connectivity index is 2.43. The van der Waals surface area contributed by atoms with Crippen molar-refractivity contribution in [2.24, 2.45) is 5.92 Å². The summed E-state index contributed by atoms with van der Waals surface area (Å²) in [6.07, 6.45) is 4.19. The average molecular weight is 225 g/mol. The summed E-state index contributed by atoms with van der Waals surface area (Å²) in [6.45, 7) is 2.06. The quantitative estimate of drug-likeness (QED) is 0.662. The Morgan fingerprint density at radius 1 is 1.62 bits per heavy atom. The number of nitrogens with zero attached hydrogens (tertiary/aromatic N) is 1. The van der Waals surface area contributed by atoms with E-state index in [0.29, 0.717) is 12.0 Å². The lowest BCUT2D eigenvalue weighted by atomic mass is 10.0. The summed E-state index contributed by atoms with van der Waals surface area (Å²) in [5.74, 6) is -1.72.